The summed E-state index contributed by atoms with van der Waals surface area (Å²) in [4.78, 5) is 11.3. The molecule has 1 saturated heterocycles. The quantitative estimate of drug-likeness (QED) is 0.749. The van der Waals surface area contributed by atoms with Gasteiger partial charge < -0.3 is 5.32 Å². The van der Waals surface area contributed by atoms with Crippen LogP contribution in [0.5, 0.6) is 0 Å². The van der Waals surface area contributed by atoms with Crippen LogP contribution in [0.1, 0.15) is 29.7 Å². The van der Waals surface area contributed by atoms with E-state index in [0.29, 0.717) is 6.54 Å². The topological polar surface area (TPSA) is 41.1 Å². The lowest BCUT2D eigenvalue weighted by Crippen LogP contribution is -2.52. The van der Waals surface area contributed by atoms with Crippen LogP contribution < -0.4 is 10.6 Å². The second kappa shape index (κ2) is 4.26. The normalized spacial score (nSPS) is 25.3. The van der Waals surface area contributed by atoms with Crippen LogP contribution in [0, 0.1) is 13.8 Å². The number of rotatable bonds is 1. The smallest absolute Gasteiger partial charge is 0.236 e. The summed E-state index contributed by atoms with van der Waals surface area (Å²) in [6.07, 6.45) is 0. The Morgan fingerprint density at radius 2 is 2.00 bits per heavy atom. The average Bonchev–Trinajstić information content (AvgIpc) is 2.26. The number of aryl methyl sites for hydroxylation is 2. The van der Waals surface area contributed by atoms with Gasteiger partial charge in [0, 0.05) is 6.54 Å². The van der Waals surface area contributed by atoms with Gasteiger partial charge in [0.1, 0.15) is 0 Å². The summed E-state index contributed by atoms with van der Waals surface area (Å²) in [5, 5.41) is 6.23. The van der Waals surface area contributed by atoms with Crippen molar-refractivity contribution in [3.8, 4) is 0 Å². The van der Waals surface area contributed by atoms with Crippen molar-refractivity contribution in [1.82, 2.24) is 10.6 Å². The summed E-state index contributed by atoms with van der Waals surface area (Å²) in [5.41, 5.74) is 3.84. The average molecular weight is 218 g/mol. The fraction of sp³-hybridized carbons (Fsp3) is 0.462. The van der Waals surface area contributed by atoms with Gasteiger partial charge in [-0.3, -0.25) is 10.1 Å². The van der Waals surface area contributed by atoms with E-state index in [1.807, 2.05) is 6.92 Å². The SMILES string of the molecule is Cc1ccc(C2CNC(=O)C(C)N2)cc1C. The van der Waals surface area contributed by atoms with Gasteiger partial charge in [-0.2, -0.15) is 0 Å². The van der Waals surface area contributed by atoms with Crippen molar-refractivity contribution in [2.45, 2.75) is 32.9 Å². The van der Waals surface area contributed by atoms with Crippen molar-refractivity contribution < 1.29 is 4.79 Å². The highest BCUT2D eigenvalue weighted by Crippen LogP contribution is 2.18. The molecule has 0 bridgehead atoms. The molecule has 0 aliphatic carbocycles. The lowest BCUT2D eigenvalue weighted by molar-refractivity contribution is -0.124. The zero-order valence-electron chi connectivity index (χ0n) is 10.0. The largest absolute Gasteiger partial charge is 0.353 e. The van der Waals surface area contributed by atoms with E-state index in [0.717, 1.165) is 0 Å². The van der Waals surface area contributed by atoms with Gasteiger partial charge in [0.25, 0.3) is 0 Å². The Kier molecular flexibility index (Phi) is 2.97. The number of hydrogen-bond donors (Lipinski definition) is 2. The number of piperazine rings is 1. The molecule has 1 aliphatic heterocycles. The van der Waals surface area contributed by atoms with Crippen molar-refractivity contribution >= 4 is 5.91 Å². The molecule has 3 heteroatoms. The Morgan fingerprint density at radius 3 is 2.62 bits per heavy atom. The van der Waals surface area contributed by atoms with E-state index in [4.69, 9.17) is 0 Å². The predicted octanol–water partition coefficient (Wildman–Crippen LogP) is 1.45. The van der Waals surface area contributed by atoms with E-state index in [2.05, 4.69) is 42.7 Å². The van der Waals surface area contributed by atoms with Crippen LogP contribution in [0.3, 0.4) is 0 Å². The standard InChI is InChI=1S/C13H18N2O/c1-8-4-5-11(6-9(8)2)12-7-14-13(16)10(3)15-12/h4-6,10,12,15H,7H2,1-3H3,(H,14,16). The van der Waals surface area contributed by atoms with Gasteiger partial charge >= 0.3 is 0 Å². The molecule has 2 rings (SSSR count). The van der Waals surface area contributed by atoms with Gasteiger partial charge in [-0.15, -0.1) is 0 Å². The summed E-state index contributed by atoms with van der Waals surface area (Å²) >= 11 is 0. The zero-order chi connectivity index (χ0) is 11.7. The highest BCUT2D eigenvalue weighted by atomic mass is 16.2. The number of nitrogens with one attached hydrogen (secondary N) is 2. The van der Waals surface area contributed by atoms with Crippen molar-refractivity contribution in [2.75, 3.05) is 6.54 Å². The number of amides is 1. The molecule has 0 spiro atoms. The number of carbonyl (C=O) groups excluding carboxylic acids is 1. The molecule has 1 fully saturated rings. The number of carbonyl (C=O) groups is 1. The third-order valence-electron chi connectivity index (χ3n) is 3.26. The molecule has 1 heterocycles. The second-order valence-corrected chi connectivity index (χ2v) is 4.53. The maximum absolute atomic E-state index is 11.3. The molecule has 1 aromatic rings. The Hall–Kier alpha value is -1.35. The Bertz CT molecular complexity index is 414. The molecule has 1 aliphatic rings. The van der Waals surface area contributed by atoms with E-state index in [-0.39, 0.29) is 18.0 Å². The third-order valence-corrected chi connectivity index (χ3v) is 3.26. The molecule has 16 heavy (non-hydrogen) atoms. The van der Waals surface area contributed by atoms with Gasteiger partial charge in [0.05, 0.1) is 12.1 Å². The molecular formula is C13H18N2O. The molecule has 2 N–H and O–H groups in total. The Morgan fingerprint density at radius 1 is 1.25 bits per heavy atom. The third kappa shape index (κ3) is 2.09. The summed E-state index contributed by atoms with van der Waals surface area (Å²) in [6.45, 7) is 6.79. The molecule has 3 nitrogen and oxygen atoms in total. The number of benzene rings is 1. The first-order valence-corrected chi connectivity index (χ1v) is 5.69. The van der Waals surface area contributed by atoms with Crippen molar-refractivity contribution in [3.63, 3.8) is 0 Å². The van der Waals surface area contributed by atoms with E-state index in [1.165, 1.54) is 16.7 Å². The molecule has 1 aromatic carbocycles. The molecule has 0 saturated carbocycles. The second-order valence-electron chi connectivity index (χ2n) is 4.53. The first kappa shape index (κ1) is 11.1. The van der Waals surface area contributed by atoms with Crippen molar-refractivity contribution in [3.05, 3.63) is 34.9 Å². The molecule has 0 aromatic heterocycles. The molecule has 86 valence electrons. The van der Waals surface area contributed by atoms with Crippen LogP contribution in [0.4, 0.5) is 0 Å². The first-order valence-electron chi connectivity index (χ1n) is 5.69. The minimum absolute atomic E-state index is 0.0834. The summed E-state index contributed by atoms with van der Waals surface area (Å²) in [6, 6.07) is 6.57. The highest BCUT2D eigenvalue weighted by Gasteiger charge is 2.24. The zero-order valence-corrected chi connectivity index (χ0v) is 10.0. The Labute approximate surface area is 96.2 Å². The lowest BCUT2D eigenvalue weighted by atomic mass is 9.99. The monoisotopic (exact) mass is 218 g/mol. The maximum atomic E-state index is 11.3. The molecular weight excluding hydrogens is 200 g/mol. The molecule has 2 unspecified atom stereocenters. The van der Waals surface area contributed by atoms with Gasteiger partial charge in [-0.25, -0.2) is 0 Å². The van der Waals surface area contributed by atoms with E-state index < -0.39 is 0 Å². The van der Waals surface area contributed by atoms with E-state index in [9.17, 15) is 4.79 Å². The van der Waals surface area contributed by atoms with Gasteiger partial charge in [-0.1, -0.05) is 18.2 Å². The lowest BCUT2D eigenvalue weighted by Gasteiger charge is -2.29. The highest BCUT2D eigenvalue weighted by molar-refractivity contribution is 5.82. The van der Waals surface area contributed by atoms with Crippen LogP contribution >= 0.6 is 0 Å². The van der Waals surface area contributed by atoms with Gasteiger partial charge in [-0.05, 0) is 37.5 Å². The maximum Gasteiger partial charge on any atom is 0.236 e. The van der Waals surface area contributed by atoms with Crippen LogP contribution in [-0.2, 0) is 4.79 Å². The van der Waals surface area contributed by atoms with Gasteiger partial charge in [0.2, 0.25) is 5.91 Å². The first-order chi connectivity index (χ1) is 7.58. The minimum Gasteiger partial charge on any atom is -0.353 e. The molecule has 2 atom stereocenters. The summed E-state index contributed by atoms with van der Waals surface area (Å²) in [5.74, 6) is 0.0834. The fourth-order valence-electron chi connectivity index (χ4n) is 1.99. The molecule has 0 radical (unpaired) electrons. The number of hydrogen-bond acceptors (Lipinski definition) is 2. The van der Waals surface area contributed by atoms with Crippen LogP contribution in [0.2, 0.25) is 0 Å². The van der Waals surface area contributed by atoms with Crippen molar-refractivity contribution in [1.29, 1.82) is 0 Å². The van der Waals surface area contributed by atoms with E-state index in [1.54, 1.807) is 0 Å². The van der Waals surface area contributed by atoms with Crippen LogP contribution in [0.25, 0.3) is 0 Å². The van der Waals surface area contributed by atoms with Gasteiger partial charge in [0.15, 0.2) is 0 Å². The van der Waals surface area contributed by atoms with Crippen LogP contribution in [-0.4, -0.2) is 18.5 Å². The van der Waals surface area contributed by atoms with E-state index >= 15 is 0 Å². The molecule has 1 amide bonds. The Balaban J connectivity index is 2.18. The van der Waals surface area contributed by atoms with Crippen LogP contribution in [0.15, 0.2) is 18.2 Å². The minimum atomic E-state index is -0.111. The predicted molar refractivity (Wildman–Crippen MR) is 64.3 cm³/mol. The van der Waals surface area contributed by atoms with Crippen molar-refractivity contribution in [2.24, 2.45) is 0 Å². The summed E-state index contributed by atoms with van der Waals surface area (Å²) < 4.78 is 0. The fourth-order valence-corrected chi connectivity index (χ4v) is 1.99. The summed E-state index contributed by atoms with van der Waals surface area (Å²) in [7, 11) is 0.